The van der Waals surface area contributed by atoms with Crippen molar-refractivity contribution in [1.29, 1.82) is 0 Å². The van der Waals surface area contributed by atoms with Crippen molar-refractivity contribution in [2.24, 2.45) is 5.73 Å². The maximum absolute atomic E-state index is 13.2. The standard InChI is InChI=1S/C26H39N5O7/c1-16(17(2)32)28-24(36)20(11-7-8-14-27)30-25(37)21(12-13-23(34)35)31-26(38)22(29-18(3)33)15-19-9-5-4-6-10-19/h4-6,9-10,16,20-22H,7-8,11-15,27H2,1-3H3,(H,28,36)(H,29,33)(H,30,37)(H,31,38)(H,34,35)/t16-,20-,21-,22-/m0/s1. The average molecular weight is 534 g/mol. The number of carbonyl (C=O) groups is 6. The number of ketones is 1. The first kappa shape index (κ1) is 32.2. The molecular formula is C26H39N5O7. The number of amides is 4. The quantitative estimate of drug-likeness (QED) is 0.148. The maximum Gasteiger partial charge on any atom is 0.303 e. The van der Waals surface area contributed by atoms with Gasteiger partial charge in [-0.1, -0.05) is 30.3 Å². The van der Waals surface area contributed by atoms with Gasteiger partial charge in [-0.3, -0.25) is 28.8 Å². The molecule has 0 aliphatic rings. The number of carboxylic acids is 1. The fourth-order valence-corrected chi connectivity index (χ4v) is 3.56. The van der Waals surface area contributed by atoms with Crippen molar-refractivity contribution >= 4 is 35.4 Å². The van der Waals surface area contributed by atoms with Crippen LogP contribution in [-0.4, -0.2) is 71.2 Å². The summed E-state index contributed by atoms with van der Waals surface area (Å²) in [7, 11) is 0. The lowest BCUT2D eigenvalue weighted by Crippen LogP contribution is -2.57. The summed E-state index contributed by atoms with van der Waals surface area (Å²) in [5.74, 6) is -3.91. The molecule has 0 radical (unpaired) electrons. The molecule has 0 saturated heterocycles. The van der Waals surface area contributed by atoms with E-state index in [-0.39, 0.29) is 25.0 Å². The highest BCUT2D eigenvalue weighted by Crippen LogP contribution is 2.08. The molecule has 210 valence electrons. The number of carboxylic acid groups (broad SMARTS) is 1. The molecule has 4 amide bonds. The van der Waals surface area contributed by atoms with Gasteiger partial charge < -0.3 is 32.1 Å². The Morgan fingerprint density at radius 1 is 0.789 bits per heavy atom. The van der Waals surface area contributed by atoms with E-state index in [0.717, 1.165) is 5.56 Å². The van der Waals surface area contributed by atoms with Crippen LogP contribution in [0, 0.1) is 0 Å². The van der Waals surface area contributed by atoms with Crippen molar-refractivity contribution in [3.63, 3.8) is 0 Å². The first-order chi connectivity index (χ1) is 17.9. The van der Waals surface area contributed by atoms with Gasteiger partial charge in [-0.25, -0.2) is 0 Å². The Hall–Kier alpha value is -3.80. The molecule has 0 fully saturated rings. The molecule has 1 rings (SSSR count). The Morgan fingerprint density at radius 2 is 1.34 bits per heavy atom. The Balaban J connectivity index is 3.09. The predicted octanol–water partition coefficient (Wildman–Crippen LogP) is -0.209. The van der Waals surface area contributed by atoms with Crippen molar-refractivity contribution in [1.82, 2.24) is 21.3 Å². The zero-order valence-electron chi connectivity index (χ0n) is 22.1. The van der Waals surface area contributed by atoms with Crippen LogP contribution in [0.2, 0.25) is 0 Å². The van der Waals surface area contributed by atoms with Crippen LogP contribution in [0.4, 0.5) is 0 Å². The molecule has 7 N–H and O–H groups in total. The van der Waals surface area contributed by atoms with Crippen LogP contribution >= 0.6 is 0 Å². The van der Waals surface area contributed by atoms with Crippen LogP contribution in [0.25, 0.3) is 0 Å². The molecule has 4 atom stereocenters. The van der Waals surface area contributed by atoms with Gasteiger partial charge in [-0.05, 0) is 51.6 Å². The molecule has 0 aliphatic carbocycles. The number of hydrogen-bond acceptors (Lipinski definition) is 7. The summed E-state index contributed by atoms with van der Waals surface area (Å²) in [5.41, 5.74) is 6.30. The summed E-state index contributed by atoms with van der Waals surface area (Å²) in [6, 6.07) is 4.82. The predicted molar refractivity (Wildman–Crippen MR) is 140 cm³/mol. The number of Topliss-reactive ketones (excluding diaryl/α,β-unsaturated/α-hetero) is 1. The largest absolute Gasteiger partial charge is 0.481 e. The molecule has 12 heteroatoms. The second kappa shape index (κ2) is 16.8. The average Bonchev–Trinajstić information content (AvgIpc) is 2.85. The third-order valence-corrected chi connectivity index (χ3v) is 5.80. The summed E-state index contributed by atoms with van der Waals surface area (Å²) in [6.45, 7) is 4.48. The fraction of sp³-hybridized carbons (Fsp3) is 0.538. The molecule has 38 heavy (non-hydrogen) atoms. The van der Waals surface area contributed by atoms with E-state index in [1.165, 1.54) is 20.8 Å². The molecule has 1 aromatic rings. The van der Waals surface area contributed by atoms with Crippen molar-refractivity contribution in [3.8, 4) is 0 Å². The van der Waals surface area contributed by atoms with Gasteiger partial charge in [-0.15, -0.1) is 0 Å². The Bertz CT molecular complexity index is 970. The molecule has 0 bridgehead atoms. The lowest BCUT2D eigenvalue weighted by atomic mass is 10.0. The van der Waals surface area contributed by atoms with Gasteiger partial charge in [0.05, 0.1) is 6.04 Å². The molecule has 0 unspecified atom stereocenters. The van der Waals surface area contributed by atoms with E-state index in [4.69, 9.17) is 10.8 Å². The lowest BCUT2D eigenvalue weighted by molar-refractivity contribution is -0.138. The zero-order valence-corrected chi connectivity index (χ0v) is 22.1. The number of aliphatic carboxylic acids is 1. The second-order valence-electron chi connectivity index (χ2n) is 9.12. The van der Waals surface area contributed by atoms with Gasteiger partial charge in [0.15, 0.2) is 5.78 Å². The third-order valence-electron chi connectivity index (χ3n) is 5.80. The smallest absolute Gasteiger partial charge is 0.303 e. The summed E-state index contributed by atoms with van der Waals surface area (Å²) in [6.07, 6.45) is 0.809. The molecular weight excluding hydrogens is 494 g/mol. The highest BCUT2D eigenvalue weighted by Gasteiger charge is 2.30. The van der Waals surface area contributed by atoms with Crippen molar-refractivity contribution < 1.29 is 33.9 Å². The van der Waals surface area contributed by atoms with E-state index < -0.39 is 60.2 Å². The van der Waals surface area contributed by atoms with Gasteiger partial charge in [0, 0.05) is 19.8 Å². The summed E-state index contributed by atoms with van der Waals surface area (Å²) in [5, 5.41) is 19.4. The highest BCUT2D eigenvalue weighted by atomic mass is 16.4. The normalized spacial score (nSPS) is 13.8. The number of nitrogens with two attached hydrogens (primary N) is 1. The highest BCUT2D eigenvalue weighted by molar-refractivity contribution is 5.95. The Labute approximate surface area is 222 Å². The molecule has 0 saturated carbocycles. The van der Waals surface area contributed by atoms with Gasteiger partial charge in [-0.2, -0.15) is 0 Å². The van der Waals surface area contributed by atoms with Gasteiger partial charge in [0.1, 0.15) is 18.1 Å². The molecule has 0 aliphatic heterocycles. The Morgan fingerprint density at radius 3 is 1.87 bits per heavy atom. The Kier molecular flexibility index (Phi) is 14.3. The number of unbranched alkanes of at least 4 members (excludes halogenated alkanes) is 1. The topological polar surface area (TPSA) is 197 Å². The van der Waals surface area contributed by atoms with E-state index in [2.05, 4.69) is 21.3 Å². The first-order valence-corrected chi connectivity index (χ1v) is 12.6. The van der Waals surface area contributed by atoms with Crippen LogP contribution in [0.5, 0.6) is 0 Å². The van der Waals surface area contributed by atoms with Gasteiger partial charge >= 0.3 is 5.97 Å². The van der Waals surface area contributed by atoms with E-state index >= 15 is 0 Å². The van der Waals surface area contributed by atoms with Crippen LogP contribution < -0.4 is 27.0 Å². The lowest BCUT2D eigenvalue weighted by Gasteiger charge is -2.25. The van der Waals surface area contributed by atoms with Crippen molar-refractivity contribution in [2.75, 3.05) is 6.54 Å². The van der Waals surface area contributed by atoms with Crippen LogP contribution in [0.3, 0.4) is 0 Å². The summed E-state index contributed by atoms with van der Waals surface area (Å²) in [4.78, 5) is 73.6. The molecule has 0 aromatic heterocycles. The number of hydrogen-bond donors (Lipinski definition) is 6. The fourth-order valence-electron chi connectivity index (χ4n) is 3.56. The SMILES string of the molecule is CC(=O)N[C@@H](Cc1ccccc1)C(=O)N[C@@H](CCC(=O)O)C(=O)N[C@@H](CCCCN)C(=O)N[C@@H](C)C(C)=O. The number of rotatable bonds is 17. The maximum atomic E-state index is 13.2. The van der Waals surface area contributed by atoms with Crippen molar-refractivity contribution in [3.05, 3.63) is 35.9 Å². The number of nitrogens with one attached hydrogen (secondary N) is 4. The third kappa shape index (κ3) is 12.4. The van der Waals surface area contributed by atoms with E-state index in [1.54, 1.807) is 30.3 Å². The van der Waals surface area contributed by atoms with Crippen LogP contribution in [0.1, 0.15) is 58.4 Å². The zero-order chi connectivity index (χ0) is 28.7. The van der Waals surface area contributed by atoms with E-state index in [0.29, 0.717) is 19.4 Å². The number of carbonyl (C=O) groups excluding carboxylic acids is 5. The first-order valence-electron chi connectivity index (χ1n) is 12.6. The van der Waals surface area contributed by atoms with E-state index in [9.17, 15) is 28.8 Å². The van der Waals surface area contributed by atoms with E-state index in [1.807, 2.05) is 0 Å². The minimum Gasteiger partial charge on any atom is -0.481 e. The monoisotopic (exact) mass is 533 g/mol. The minimum absolute atomic E-state index is 0.145. The van der Waals surface area contributed by atoms with Crippen LogP contribution in [-0.2, 0) is 35.2 Å². The molecule has 0 spiro atoms. The van der Waals surface area contributed by atoms with Gasteiger partial charge in [0.25, 0.3) is 0 Å². The second-order valence-corrected chi connectivity index (χ2v) is 9.12. The van der Waals surface area contributed by atoms with Crippen molar-refractivity contribution in [2.45, 2.75) is 83.5 Å². The summed E-state index contributed by atoms with van der Waals surface area (Å²) < 4.78 is 0. The minimum atomic E-state index is -1.29. The molecule has 1 aromatic carbocycles. The van der Waals surface area contributed by atoms with Crippen LogP contribution in [0.15, 0.2) is 30.3 Å². The summed E-state index contributed by atoms with van der Waals surface area (Å²) >= 11 is 0. The van der Waals surface area contributed by atoms with Gasteiger partial charge in [0.2, 0.25) is 23.6 Å². The number of benzene rings is 1. The molecule has 12 nitrogen and oxygen atoms in total. The molecule has 0 heterocycles.